The van der Waals surface area contributed by atoms with Crippen LogP contribution in [0.25, 0.3) is 0 Å². The number of hydrogen-bond acceptors (Lipinski definition) is 4. The SMILES string of the molecule is CC(C(=O)Nc1cccc2c1CCNC2)S(C)(=O)=O. The number of benzene rings is 1. The Balaban J connectivity index is 2.23. The van der Waals surface area contributed by atoms with E-state index in [4.69, 9.17) is 0 Å². The first-order chi connectivity index (χ1) is 8.89. The van der Waals surface area contributed by atoms with Crippen molar-refractivity contribution >= 4 is 21.4 Å². The molecule has 1 aromatic rings. The van der Waals surface area contributed by atoms with Crippen molar-refractivity contribution in [2.45, 2.75) is 25.1 Å². The van der Waals surface area contributed by atoms with Gasteiger partial charge in [0.15, 0.2) is 9.84 Å². The van der Waals surface area contributed by atoms with Gasteiger partial charge in [-0.05, 0) is 37.1 Å². The van der Waals surface area contributed by atoms with Gasteiger partial charge < -0.3 is 10.6 Å². The fourth-order valence-corrected chi connectivity index (χ4v) is 2.53. The van der Waals surface area contributed by atoms with Crippen molar-refractivity contribution in [1.29, 1.82) is 0 Å². The molecular formula is C13H18N2O3S. The third-order valence-corrected chi connectivity index (χ3v) is 4.91. The number of rotatable bonds is 3. The Kier molecular flexibility index (Phi) is 3.91. The molecule has 1 atom stereocenters. The van der Waals surface area contributed by atoms with Crippen molar-refractivity contribution < 1.29 is 13.2 Å². The molecule has 1 aromatic carbocycles. The molecule has 19 heavy (non-hydrogen) atoms. The Morgan fingerprint density at radius 1 is 1.42 bits per heavy atom. The Hall–Kier alpha value is -1.40. The van der Waals surface area contributed by atoms with E-state index in [0.717, 1.165) is 42.6 Å². The summed E-state index contributed by atoms with van der Waals surface area (Å²) in [6.45, 7) is 3.05. The zero-order chi connectivity index (χ0) is 14.0. The number of carbonyl (C=O) groups excluding carboxylic acids is 1. The molecule has 2 N–H and O–H groups in total. The van der Waals surface area contributed by atoms with Crippen molar-refractivity contribution in [3.8, 4) is 0 Å². The lowest BCUT2D eigenvalue weighted by Crippen LogP contribution is -2.33. The molecule has 0 aromatic heterocycles. The fraction of sp³-hybridized carbons (Fsp3) is 0.462. The van der Waals surface area contributed by atoms with Gasteiger partial charge in [-0.25, -0.2) is 8.42 Å². The largest absolute Gasteiger partial charge is 0.325 e. The van der Waals surface area contributed by atoms with Crippen molar-refractivity contribution in [2.75, 3.05) is 18.1 Å². The number of fused-ring (bicyclic) bond motifs is 1. The van der Waals surface area contributed by atoms with Crippen LogP contribution in [0.5, 0.6) is 0 Å². The molecule has 1 aliphatic rings. The molecular weight excluding hydrogens is 264 g/mol. The maximum absolute atomic E-state index is 11.9. The predicted molar refractivity (Wildman–Crippen MR) is 74.8 cm³/mol. The van der Waals surface area contributed by atoms with Crippen LogP contribution in [-0.4, -0.2) is 32.4 Å². The average molecular weight is 282 g/mol. The van der Waals surface area contributed by atoms with E-state index < -0.39 is 21.0 Å². The summed E-state index contributed by atoms with van der Waals surface area (Å²) in [4.78, 5) is 11.9. The van der Waals surface area contributed by atoms with E-state index in [1.165, 1.54) is 6.92 Å². The van der Waals surface area contributed by atoms with E-state index in [0.29, 0.717) is 0 Å². The molecule has 6 heteroatoms. The summed E-state index contributed by atoms with van der Waals surface area (Å²) >= 11 is 0. The Morgan fingerprint density at radius 2 is 2.16 bits per heavy atom. The molecule has 1 heterocycles. The summed E-state index contributed by atoms with van der Waals surface area (Å²) in [6.07, 6.45) is 1.90. The van der Waals surface area contributed by atoms with Gasteiger partial charge in [-0.1, -0.05) is 12.1 Å². The second-order valence-corrected chi connectivity index (χ2v) is 7.20. The number of sulfone groups is 1. The highest BCUT2D eigenvalue weighted by molar-refractivity contribution is 7.92. The van der Waals surface area contributed by atoms with E-state index in [1.54, 1.807) is 0 Å². The summed E-state index contributed by atoms with van der Waals surface area (Å²) in [5.41, 5.74) is 2.96. The molecule has 0 aliphatic carbocycles. The molecule has 1 unspecified atom stereocenters. The zero-order valence-electron chi connectivity index (χ0n) is 11.1. The molecule has 0 saturated carbocycles. The molecule has 1 aliphatic heterocycles. The van der Waals surface area contributed by atoms with Crippen LogP contribution in [0.3, 0.4) is 0 Å². The van der Waals surface area contributed by atoms with E-state index >= 15 is 0 Å². The normalized spacial score (nSPS) is 16.5. The topological polar surface area (TPSA) is 75.3 Å². The van der Waals surface area contributed by atoms with Gasteiger partial charge in [0.25, 0.3) is 0 Å². The number of nitrogens with one attached hydrogen (secondary N) is 2. The third-order valence-electron chi connectivity index (χ3n) is 3.41. The standard InChI is InChI=1S/C13H18N2O3S/c1-9(19(2,17)18)13(16)15-12-5-3-4-10-8-14-7-6-11(10)12/h3-5,9,14H,6-8H2,1-2H3,(H,15,16). The number of anilines is 1. The van der Waals surface area contributed by atoms with Crippen LogP contribution >= 0.6 is 0 Å². The Morgan fingerprint density at radius 3 is 2.84 bits per heavy atom. The van der Waals surface area contributed by atoms with Crippen molar-refractivity contribution in [2.24, 2.45) is 0 Å². The highest BCUT2D eigenvalue weighted by Crippen LogP contribution is 2.23. The van der Waals surface area contributed by atoms with Gasteiger partial charge in [0.05, 0.1) is 0 Å². The quantitative estimate of drug-likeness (QED) is 0.856. The first-order valence-electron chi connectivity index (χ1n) is 6.21. The molecule has 1 amide bonds. The smallest absolute Gasteiger partial charge is 0.242 e. The second kappa shape index (κ2) is 5.30. The molecule has 2 rings (SSSR count). The predicted octanol–water partition coefficient (Wildman–Crippen LogP) is 0.704. The Labute approximate surface area is 113 Å². The van der Waals surface area contributed by atoms with Crippen LogP contribution in [0.2, 0.25) is 0 Å². The molecule has 104 valence electrons. The zero-order valence-corrected chi connectivity index (χ0v) is 11.9. The van der Waals surface area contributed by atoms with Crippen LogP contribution in [-0.2, 0) is 27.6 Å². The van der Waals surface area contributed by atoms with Crippen LogP contribution < -0.4 is 10.6 Å². The van der Waals surface area contributed by atoms with Crippen LogP contribution in [0.1, 0.15) is 18.1 Å². The van der Waals surface area contributed by atoms with Crippen molar-refractivity contribution in [3.05, 3.63) is 29.3 Å². The molecule has 0 radical (unpaired) electrons. The molecule has 5 nitrogen and oxygen atoms in total. The first-order valence-corrected chi connectivity index (χ1v) is 8.16. The summed E-state index contributed by atoms with van der Waals surface area (Å²) in [6, 6.07) is 5.70. The summed E-state index contributed by atoms with van der Waals surface area (Å²) < 4.78 is 22.8. The lowest BCUT2D eigenvalue weighted by Gasteiger charge is -2.21. The van der Waals surface area contributed by atoms with Crippen LogP contribution in [0.4, 0.5) is 5.69 Å². The van der Waals surface area contributed by atoms with Crippen molar-refractivity contribution in [3.63, 3.8) is 0 Å². The van der Waals surface area contributed by atoms with E-state index in [1.807, 2.05) is 18.2 Å². The van der Waals surface area contributed by atoms with Gasteiger partial charge in [-0.3, -0.25) is 4.79 Å². The van der Waals surface area contributed by atoms with Gasteiger partial charge in [0, 0.05) is 18.5 Å². The minimum atomic E-state index is -3.37. The lowest BCUT2D eigenvalue weighted by molar-refractivity contribution is -0.115. The van der Waals surface area contributed by atoms with Gasteiger partial charge in [0.1, 0.15) is 5.25 Å². The number of hydrogen-bond donors (Lipinski definition) is 2. The lowest BCUT2D eigenvalue weighted by atomic mass is 9.99. The molecule has 0 saturated heterocycles. The Bertz CT molecular complexity index is 596. The molecule has 0 fully saturated rings. The molecule has 0 bridgehead atoms. The average Bonchev–Trinajstić information content (AvgIpc) is 2.37. The first kappa shape index (κ1) is 14.0. The maximum atomic E-state index is 11.9. The van der Waals surface area contributed by atoms with Gasteiger partial charge in [-0.15, -0.1) is 0 Å². The second-order valence-electron chi connectivity index (χ2n) is 4.83. The number of carbonyl (C=O) groups is 1. The van der Waals surface area contributed by atoms with Gasteiger partial charge >= 0.3 is 0 Å². The highest BCUT2D eigenvalue weighted by Gasteiger charge is 2.24. The summed E-state index contributed by atoms with van der Waals surface area (Å²) in [7, 11) is -3.37. The molecule has 0 spiro atoms. The minimum Gasteiger partial charge on any atom is -0.325 e. The van der Waals surface area contributed by atoms with E-state index in [-0.39, 0.29) is 0 Å². The van der Waals surface area contributed by atoms with Gasteiger partial charge in [0.2, 0.25) is 5.91 Å². The van der Waals surface area contributed by atoms with Crippen molar-refractivity contribution in [1.82, 2.24) is 5.32 Å². The third kappa shape index (κ3) is 3.13. The monoisotopic (exact) mass is 282 g/mol. The van der Waals surface area contributed by atoms with E-state index in [9.17, 15) is 13.2 Å². The number of amides is 1. The summed E-state index contributed by atoms with van der Waals surface area (Å²) in [5, 5.41) is 4.95. The van der Waals surface area contributed by atoms with Crippen LogP contribution in [0.15, 0.2) is 18.2 Å². The highest BCUT2D eigenvalue weighted by atomic mass is 32.2. The minimum absolute atomic E-state index is 0.477. The summed E-state index contributed by atoms with van der Waals surface area (Å²) in [5.74, 6) is -0.477. The van der Waals surface area contributed by atoms with E-state index in [2.05, 4.69) is 10.6 Å². The fourth-order valence-electron chi connectivity index (χ4n) is 2.08. The van der Waals surface area contributed by atoms with Crippen LogP contribution in [0, 0.1) is 0 Å². The van der Waals surface area contributed by atoms with Gasteiger partial charge in [-0.2, -0.15) is 0 Å². The maximum Gasteiger partial charge on any atom is 0.242 e.